The Balaban J connectivity index is 1.71. The fraction of sp³-hybridized carbons (Fsp3) is 0.667. The summed E-state index contributed by atoms with van der Waals surface area (Å²) in [4.78, 5) is 25.6. The fourth-order valence-electron chi connectivity index (χ4n) is 3.75. The van der Waals surface area contributed by atoms with E-state index < -0.39 is 5.60 Å². The maximum atomic E-state index is 12.3. The number of hydrogen-bond donors (Lipinski definition) is 2. The van der Waals surface area contributed by atoms with E-state index in [1.165, 1.54) is 0 Å². The number of carbonyl (C=O) groups is 1. The van der Waals surface area contributed by atoms with Gasteiger partial charge in [-0.05, 0) is 33.4 Å². The molecule has 2 aliphatic heterocycles. The number of rotatable bonds is 4. The molecule has 0 saturated carbocycles. The van der Waals surface area contributed by atoms with Crippen molar-refractivity contribution in [2.24, 2.45) is 5.73 Å². The second-order valence-electron chi connectivity index (χ2n) is 8.86. The van der Waals surface area contributed by atoms with Crippen LogP contribution in [0.3, 0.4) is 0 Å². The van der Waals surface area contributed by atoms with Crippen molar-refractivity contribution in [1.82, 2.24) is 14.8 Å². The van der Waals surface area contributed by atoms with Crippen molar-refractivity contribution in [3.63, 3.8) is 0 Å². The third-order valence-electron chi connectivity index (χ3n) is 5.51. The Morgan fingerprint density at radius 1 is 1.07 bits per heavy atom. The van der Waals surface area contributed by atoms with Gasteiger partial charge in [-0.1, -0.05) is 6.92 Å². The molecule has 2 aliphatic rings. The van der Waals surface area contributed by atoms with Crippen LogP contribution in [0.1, 0.15) is 33.4 Å². The lowest BCUT2D eigenvalue weighted by molar-refractivity contribution is 0.0240. The number of nitrogen functional groups attached to an aromatic ring is 1. The molecular formula is C21H35N7O2. The van der Waals surface area contributed by atoms with E-state index >= 15 is 0 Å². The van der Waals surface area contributed by atoms with Crippen LogP contribution in [0.2, 0.25) is 0 Å². The SMILES string of the molecule is CCN1CCN(c2cc(N3CCN(C(=O)OC(C)(C)C)CC3)cc(C(=N)N)n2)CC1. The van der Waals surface area contributed by atoms with Gasteiger partial charge in [-0.15, -0.1) is 0 Å². The first-order valence-corrected chi connectivity index (χ1v) is 10.7. The number of carbonyl (C=O) groups excluding carboxylic acids is 1. The van der Waals surface area contributed by atoms with Crippen molar-refractivity contribution in [1.29, 1.82) is 5.41 Å². The fourth-order valence-corrected chi connectivity index (χ4v) is 3.75. The van der Waals surface area contributed by atoms with Crippen LogP contribution in [0.5, 0.6) is 0 Å². The molecule has 0 bridgehead atoms. The van der Waals surface area contributed by atoms with Gasteiger partial charge in [0.15, 0.2) is 0 Å². The van der Waals surface area contributed by atoms with E-state index in [1.54, 1.807) is 4.90 Å². The van der Waals surface area contributed by atoms with Crippen LogP contribution >= 0.6 is 0 Å². The van der Waals surface area contributed by atoms with E-state index in [-0.39, 0.29) is 11.9 Å². The van der Waals surface area contributed by atoms with Gasteiger partial charge >= 0.3 is 6.09 Å². The van der Waals surface area contributed by atoms with Gasteiger partial charge in [0, 0.05) is 64.1 Å². The second kappa shape index (κ2) is 9.07. The van der Waals surface area contributed by atoms with Crippen LogP contribution in [0.25, 0.3) is 0 Å². The van der Waals surface area contributed by atoms with Crippen LogP contribution in [-0.4, -0.2) is 91.2 Å². The summed E-state index contributed by atoms with van der Waals surface area (Å²) in [5, 5.41) is 7.89. The number of nitrogens with zero attached hydrogens (tertiary/aromatic N) is 5. The maximum absolute atomic E-state index is 12.3. The third kappa shape index (κ3) is 5.53. The van der Waals surface area contributed by atoms with Crippen molar-refractivity contribution >= 4 is 23.4 Å². The first kappa shape index (κ1) is 22.1. The predicted molar refractivity (Wildman–Crippen MR) is 120 cm³/mol. The first-order chi connectivity index (χ1) is 14.2. The smallest absolute Gasteiger partial charge is 0.410 e. The normalized spacial score (nSPS) is 18.5. The Hall–Kier alpha value is -2.55. The number of likely N-dealkylation sites (N-methyl/N-ethyl adjacent to an activating group) is 1. The molecule has 30 heavy (non-hydrogen) atoms. The largest absolute Gasteiger partial charge is 0.444 e. The summed E-state index contributed by atoms with van der Waals surface area (Å²) < 4.78 is 5.49. The summed E-state index contributed by atoms with van der Waals surface area (Å²) in [6.07, 6.45) is -0.268. The quantitative estimate of drug-likeness (QED) is 0.566. The molecule has 3 N–H and O–H groups in total. The highest BCUT2D eigenvalue weighted by atomic mass is 16.6. The zero-order valence-electron chi connectivity index (χ0n) is 18.6. The van der Waals surface area contributed by atoms with E-state index in [9.17, 15) is 4.79 Å². The van der Waals surface area contributed by atoms with Gasteiger partial charge in [0.2, 0.25) is 0 Å². The molecule has 9 nitrogen and oxygen atoms in total. The highest BCUT2D eigenvalue weighted by Gasteiger charge is 2.27. The molecule has 2 fully saturated rings. The summed E-state index contributed by atoms with van der Waals surface area (Å²) in [6.45, 7) is 15.3. The molecule has 0 atom stereocenters. The highest BCUT2D eigenvalue weighted by molar-refractivity contribution is 5.94. The average Bonchev–Trinajstić information content (AvgIpc) is 2.72. The van der Waals surface area contributed by atoms with Gasteiger partial charge in [-0.2, -0.15) is 0 Å². The van der Waals surface area contributed by atoms with Crippen molar-refractivity contribution in [2.45, 2.75) is 33.3 Å². The number of pyridine rings is 1. The number of nitrogens with two attached hydrogens (primary N) is 1. The number of ether oxygens (including phenoxy) is 1. The molecule has 1 aromatic rings. The summed E-state index contributed by atoms with van der Waals surface area (Å²) >= 11 is 0. The Morgan fingerprint density at radius 2 is 1.67 bits per heavy atom. The van der Waals surface area contributed by atoms with E-state index in [2.05, 4.69) is 32.7 Å². The van der Waals surface area contributed by atoms with E-state index in [0.29, 0.717) is 31.9 Å². The minimum Gasteiger partial charge on any atom is -0.444 e. The lowest BCUT2D eigenvalue weighted by Crippen LogP contribution is -2.50. The Kier molecular flexibility index (Phi) is 6.70. The maximum Gasteiger partial charge on any atom is 0.410 e. The molecule has 0 unspecified atom stereocenters. The monoisotopic (exact) mass is 417 g/mol. The van der Waals surface area contributed by atoms with Crippen molar-refractivity contribution in [2.75, 3.05) is 68.7 Å². The number of aromatic nitrogens is 1. The highest BCUT2D eigenvalue weighted by Crippen LogP contribution is 2.25. The molecule has 0 aliphatic carbocycles. The first-order valence-electron chi connectivity index (χ1n) is 10.7. The summed E-state index contributed by atoms with van der Waals surface area (Å²) in [6, 6.07) is 3.95. The second-order valence-corrected chi connectivity index (χ2v) is 8.86. The number of amidine groups is 1. The molecule has 1 amide bonds. The standard InChI is InChI=1S/C21H35N7O2/c1-5-25-6-8-27(9-7-25)18-15-16(14-17(24-18)19(22)23)26-10-12-28(13-11-26)20(29)30-21(2,3)4/h14-15H,5-13H2,1-4H3,(H3,22,23). The van der Waals surface area contributed by atoms with Crippen LogP contribution < -0.4 is 15.5 Å². The zero-order chi connectivity index (χ0) is 21.9. The van der Waals surface area contributed by atoms with Crippen LogP contribution in [-0.2, 0) is 4.74 Å². The van der Waals surface area contributed by atoms with Crippen molar-refractivity contribution in [3.05, 3.63) is 17.8 Å². The summed E-state index contributed by atoms with van der Waals surface area (Å²) in [5.74, 6) is 0.834. The van der Waals surface area contributed by atoms with Gasteiger partial charge in [0.25, 0.3) is 0 Å². The molecule has 1 aromatic heterocycles. The molecule has 3 heterocycles. The van der Waals surface area contributed by atoms with Gasteiger partial charge in [0.05, 0.1) is 0 Å². The van der Waals surface area contributed by atoms with Gasteiger partial charge in [-0.3, -0.25) is 5.41 Å². The van der Waals surface area contributed by atoms with Crippen LogP contribution in [0.15, 0.2) is 12.1 Å². The molecule has 3 rings (SSSR count). The minimum atomic E-state index is -0.494. The molecule has 0 spiro atoms. The Bertz CT molecular complexity index is 761. The van der Waals surface area contributed by atoms with E-state index in [4.69, 9.17) is 15.9 Å². The zero-order valence-corrected chi connectivity index (χ0v) is 18.6. The van der Waals surface area contributed by atoms with Gasteiger partial charge in [0.1, 0.15) is 22.9 Å². The number of nitrogens with one attached hydrogen (secondary N) is 1. The molecule has 0 radical (unpaired) electrons. The number of anilines is 2. The van der Waals surface area contributed by atoms with Crippen molar-refractivity contribution < 1.29 is 9.53 Å². The summed E-state index contributed by atoms with van der Waals surface area (Å²) in [5.41, 5.74) is 6.78. The number of hydrogen-bond acceptors (Lipinski definition) is 7. The van der Waals surface area contributed by atoms with Crippen LogP contribution in [0, 0.1) is 5.41 Å². The Labute approximate surface area is 179 Å². The Morgan fingerprint density at radius 3 is 2.20 bits per heavy atom. The lowest BCUT2D eigenvalue weighted by atomic mass is 10.2. The minimum absolute atomic E-state index is 0.0299. The molecule has 2 saturated heterocycles. The molecule has 0 aromatic carbocycles. The molecular weight excluding hydrogens is 382 g/mol. The summed E-state index contributed by atoms with van der Waals surface area (Å²) in [7, 11) is 0. The van der Waals surface area contributed by atoms with Crippen molar-refractivity contribution in [3.8, 4) is 0 Å². The van der Waals surface area contributed by atoms with Gasteiger partial charge < -0.3 is 30.1 Å². The lowest BCUT2D eigenvalue weighted by Gasteiger charge is -2.38. The third-order valence-corrected chi connectivity index (χ3v) is 5.51. The van der Waals surface area contributed by atoms with Crippen LogP contribution in [0.4, 0.5) is 16.3 Å². The number of amides is 1. The van der Waals surface area contributed by atoms with E-state index in [0.717, 1.165) is 44.2 Å². The predicted octanol–water partition coefficient (Wildman–Crippen LogP) is 1.56. The van der Waals surface area contributed by atoms with Gasteiger partial charge in [-0.25, -0.2) is 9.78 Å². The average molecular weight is 418 g/mol. The molecule has 9 heteroatoms. The topological polar surface area (TPSA) is 102 Å². The van der Waals surface area contributed by atoms with E-state index in [1.807, 2.05) is 26.8 Å². The number of piperazine rings is 2. The molecule has 166 valence electrons.